The van der Waals surface area contributed by atoms with Gasteiger partial charge in [0.1, 0.15) is 23.3 Å². The van der Waals surface area contributed by atoms with Crippen molar-refractivity contribution in [2.75, 3.05) is 24.4 Å². The van der Waals surface area contributed by atoms with E-state index in [1.54, 1.807) is 65.2 Å². The number of ether oxygens (including phenoxy) is 2. The highest BCUT2D eigenvalue weighted by atomic mass is 16.5. The number of rotatable bonds is 7. The highest BCUT2D eigenvalue weighted by Gasteiger charge is 2.34. The van der Waals surface area contributed by atoms with Crippen LogP contribution in [0.1, 0.15) is 49.3 Å². The number of anilines is 2. The summed E-state index contributed by atoms with van der Waals surface area (Å²) in [6.07, 6.45) is 1.44. The van der Waals surface area contributed by atoms with E-state index in [0.717, 1.165) is 0 Å². The first-order valence-electron chi connectivity index (χ1n) is 12.4. The molecular formula is C30H25N5O5. The Bertz CT molecular complexity index is 1670. The lowest BCUT2D eigenvalue weighted by Gasteiger charge is -2.34. The molecule has 10 nitrogen and oxygen atoms in total. The van der Waals surface area contributed by atoms with Crippen molar-refractivity contribution in [1.29, 1.82) is 5.26 Å². The molecular weight excluding hydrogens is 510 g/mol. The molecule has 0 radical (unpaired) electrons. The SMILES string of the molecule is COc1cccc(C(=O)c2ccc(N3C(=O)c4c(NC(=O)c5ccc(OC)c(C#N)c5)cnn4CC3C)cc2)c1. The molecule has 0 fully saturated rings. The van der Waals surface area contributed by atoms with Gasteiger partial charge < -0.3 is 19.7 Å². The van der Waals surface area contributed by atoms with Crippen molar-refractivity contribution < 1.29 is 23.9 Å². The second-order valence-electron chi connectivity index (χ2n) is 9.20. The molecule has 1 aliphatic rings. The van der Waals surface area contributed by atoms with E-state index >= 15 is 0 Å². The van der Waals surface area contributed by atoms with E-state index < -0.39 is 5.91 Å². The first kappa shape index (κ1) is 26.2. The van der Waals surface area contributed by atoms with Crippen molar-refractivity contribution in [3.8, 4) is 17.6 Å². The maximum atomic E-state index is 13.7. The fourth-order valence-electron chi connectivity index (χ4n) is 4.69. The lowest BCUT2D eigenvalue weighted by atomic mass is 10.0. The Morgan fingerprint density at radius 3 is 2.45 bits per heavy atom. The zero-order chi connectivity index (χ0) is 28.4. The van der Waals surface area contributed by atoms with E-state index in [4.69, 9.17) is 9.47 Å². The van der Waals surface area contributed by atoms with E-state index in [0.29, 0.717) is 34.9 Å². The summed E-state index contributed by atoms with van der Waals surface area (Å²) in [6.45, 7) is 2.30. The molecule has 3 aromatic carbocycles. The fourth-order valence-corrected chi connectivity index (χ4v) is 4.69. The number of benzene rings is 3. The van der Waals surface area contributed by atoms with Crippen LogP contribution in [0.5, 0.6) is 11.5 Å². The molecule has 0 saturated heterocycles. The molecule has 1 unspecified atom stereocenters. The Hall–Kier alpha value is -5.43. The Labute approximate surface area is 230 Å². The van der Waals surface area contributed by atoms with Crippen molar-refractivity contribution in [2.45, 2.75) is 19.5 Å². The minimum absolute atomic E-state index is 0.162. The largest absolute Gasteiger partial charge is 0.497 e. The first-order chi connectivity index (χ1) is 19.3. The van der Waals surface area contributed by atoms with Gasteiger partial charge in [0.05, 0.1) is 44.3 Å². The molecule has 1 aromatic heterocycles. The number of carbonyl (C=O) groups is 3. The normalized spacial score (nSPS) is 14.2. The molecule has 5 rings (SSSR count). The third-order valence-corrected chi connectivity index (χ3v) is 6.71. The molecule has 10 heteroatoms. The van der Waals surface area contributed by atoms with Crippen molar-refractivity contribution in [3.05, 3.63) is 101 Å². The van der Waals surface area contributed by atoms with Crippen LogP contribution in [0, 0.1) is 11.3 Å². The van der Waals surface area contributed by atoms with Crippen LogP contribution in [0.4, 0.5) is 11.4 Å². The van der Waals surface area contributed by atoms with Gasteiger partial charge in [-0.25, -0.2) is 0 Å². The molecule has 200 valence electrons. The van der Waals surface area contributed by atoms with Gasteiger partial charge in [-0.3, -0.25) is 19.1 Å². The first-order valence-corrected chi connectivity index (χ1v) is 12.4. The predicted octanol–water partition coefficient (Wildman–Crippen LogP) is 4.30. The maximum Gasteiger partial charge on any atom is 0.279 e. The molecule has 1 N–H and O–H groups in total. The molecule has 2 heterocycles. The highest BCUT2D eigenvalue weighted by Crippen LogP contribution is 2.30. The van der Waals surface area contributed by atoms with Crippen molar-refractivity contribution in [3.63, 3.8) is 0 Å². The maximum absolute atomic E-state index is 13.7. The molecule has 1 atom stereocenters. The Morgan fingerprint density at radius 2 is 1.75 bits per heavy atom. The van der Waals surface area contributed by atoms with Gasteiger partial charge in [-0.1, -0.05) is 12.1 Å². The van der Waals surface area contributed by atoms with E-state index in [-0.39, 0.29) is 40.2 Å². The van der Waals surface area contributed by atoms with Crippen LogP contribution in [0.3, 0.4) is 0 Å². The van der Waals surface area contributed by atoms with Gasteiger partial charge in [0.15, 0.2) is 5.78 Å². The quantitative estimate of drug-likeness (QED) is 0.350. The van der Waals surface area contributed by atoms with Crippen molar-refractivity contribution >= 4 is 29.0 Å². The second kappa shape index (κ2) is 10.7. The van der Waals surface area contributed by atoms with Crippen LogP contribution in [0.25, 0.3) is 0 Å². The topological polar surface area (TPSA) is 127 Å². The van der Waals surface area contributed by atoms with Gasteiger partial charge in [-0.2, -0.15) is 10.4 Å². The molecule has 0 bridgehead atoms. The van der Waals surface area contributed by atoms with Gasteiger partial charge in [0.25, 0.3) is 11.8 Å². The number of carbonyl (C=O) groups excluding carboxylic acids is 3. The zero-order valence-electron chi connectivity index (χ0n) is 22.0. The van der Waals surface area contributed by atoms with Crippen LogP contribution in [-0.4, -0.2) is 47.6 Å². The molecule has 0 saturated carbocycles. The number of amides is 2. The van der Waals surface area contributed by atoms with Crippen LogP contribution < -0.4 is 19.7 Å². The van der Waals surface area contributed by atoms with E-state index in [1.165, 1.54) is 31.5 Å². The summed E-state index contributed by atoms with van der Waals surface area (Å²) in [6, 6.07) is 20.0. The molecule has 2 amide bonds. The summed E-state index contributed by atoms with van der Waals surface area (Å²) in [4.78, 5) is 41.3. The number of ketones is 1. The van der Waals surface area contributed by atoms with Crippen LogP contribution in [0.2, 0.25) is 0 Å². The standard InChI is InChI=1S/C30H25N5O5/c1-18-17-34-27(25(16-32-34)33-29(37)21-9-12-26(40-3)22(13-21)15-31)30(38)35(18)23-10-7-19(8-11-23)28(36)20-5-4-6-24(14-20)39-2/h4-14,16,18H,17H2,1-3H3,(H,33,37). The summed E-state index contributed by atoms with van der Waals surface area (Å²) in [5.74, 6) is -0.0472. The molecule has 1 aliphatic heterocycles. The van der Waals surface area contributed by atoms with Crippen LogP contribution in [-0.2, 0) is 6.54 Å². The third kappa shape index (κ3) is 4.76. The van der Waals surface area contributed by atoms with Gasteiger partial charge in [0.2, 0.25) is 0 Å². The number of hydrogen-bond acceptors (Lipinski definition) is 7. The smallest absolute Gasteiger partial charge is 0.279 e. The molecule has 4 aromatic rings. The monoisotopic (exact) mass is 535 g/mol. The van der Waals surface area contributed by atoms with Crippen molar-refractivity contribution in [2.24, 2.45) is 0 Å². The number of nitrogens with one attached hydrogen (secondary N) is 1. The fraction of sp³-hybridized carbons (Fsp3) is 0.167. The number of nitrogens with zero attached hydrogens (tertiary/aromatic N) is 4. The third-order valence-electron chi connectivity index (χ3n) is 6.71. The van der Waals surface area contributed by atoms with E-state index in [9.17, 15) is 19.6 Å². The Morgan fingerprint density at radius 1 is 1.00 bits per heavy atom. The van der Waals surface area contributed by atoms with Gasteiger partial charge in [-0.15, -0.1) is 0 Å². The lowest BCUT2D eigenvalue weighted by Crippen LogP contribution is -2.47. The molecule has 0 aliphatic carbocycles. The van der Waals surface area contributed by atoms with Crippen molar-refractivity contribution in [1.82, 2.24) is 9.78 Å². The summed E-state index contributed by atoms with van der Waals surface area (Å²) >= 11 is 0. The zero-order valence-corrected chi connectivity index (χ0v) is 22.0. The summed E-state index contributed by atoms with van der Waals surface area (Å²) in [5, 5.41) is 16.4. The lowest BCUT2D eigenvalue weighted by molar-refractivity contribution is 0.0947. The summed E-state index contributed by atoms with van der Waals surface area (Å²) in [7, 11) is 2.99. The van der Waals surface area contributed by atoms with Gasteiger partial charge >= 0.3 is 0 Å². The van der Waals surface area contributed by atoms with Gasteiger partial charge in [0, 0.05) is 22.4 Å². The number of aromatic nitrogens is 2. The van der Waals surface area contributed by atoms with E-state index in [2.05, 4.69) is 10.4 Å². The number of nitriles is 1. The Kier molecular flexibility index (Phi) is 7.03. The summed E-state index contributed by atoms with van der Waals surface area (Å²) in [5.41, 5.74) is 2.53. The Balaban J connectivity index is 1.38. The number of methoxy groups -OCH3 is 2. The minimum Gasteiger partial charge on any atom is -0.497 e. The average molecular weight is 536 g/mol. The van der Waals surface area contributed by atoms with Crippen LogP contribution >= 0.6 is 0 Å². The average Bonchev–Trinajstić information content (AvgIpc) is 3.38. The van der Waals surface area contributed by atoms with E-state index in [1.807, 2.05) is 13.0 Å². The van der Waals surface area contributed by atoms with Crippen LogP contribution in [0.15, 0.2) is 72.9 Å². The number of hydrogen-bond donors (Lipinski definition) is 1. The molecule has 40 heavy (non-hydrogen) atoms. The second-order valence-corrected chi connectivity index (χ2v) is 9.20. The minimum atomic E-state index is -0.492. The highest BCUT2D eigenvalue weighted by molar-refractivity contribution is 6.14. The van der Waals surface area contributed by atoms with Gasteiger partial charge in [-0.05, 0) is 61.5 Å². The molecule has 0 spiro atoms. The summed E-state index contributed by atoms with van der Waals surface area (Å²) < 4.78 is 11.9. The predicted molar refractivity (Wildman–Crippen MR) is 147 cm³/mol. The number of fused-ring (bicyclic) bond motifs is 1.